The second kappa shape index (κ2) is 5.91. The van der Waals surface area contributed by atoms with Gasteiger partial charge in [0.2, 0.25) is 10.0 Å². The molecule has 1 heterocycles. The van der Waals surface area contributed by atoms with E-state index in [1.165, 1.54) is 6.07 Å². The predicted molar refractivity (Wildman–Crippen MR) is 81.3 cm³/mol. The van der Waals surface area contributed by atoms with Crippen molar-refractivity contribution in [3.05, 3.63) is 22.7 Å². The Labute approximate surface area is 123 Å². The molecule has 1 aliphatic rings. The Hall–Kier alpha value is -0.430. The van der Waals surface area contributed by atoms with Crippen LogP contribution in [0.15, 0.2) is 17.0 Å². The fraction of sp³-hybridized carbons (Fsp3) is 0.500. The molecule has 0 bridgehead atoms. The van der Waals surface area contributed by atoms with E-state index in [9.17, 15) is 8.42 Å². The fourth-order valence-electron chi connectivity index (χ4n) is 2.05. The second-order valence-corrected chi connectivity index (χ2v) is 8.05. The van der Waals surface area contributed by atoms with Gasteiger partial charge in [-0.05, 0) is 36.8 Å². The summed E-state index contributed by atoms with van der Waals surface area (Å²) in [5.74, 6) is 1.84. The predicted octanol–water partition coefficient (Wildman–Crippen LogP) is 2.36. The third kappa shape index (κ3) is 3.18. The van der Waals surface area contributed by atoms with Gasteiger partial charge in [0.05, 0.1) is 15.6 Å². The van der Waals surface area contributed by atoms with Crippen molar-refractivity contribution in [2.75, 3.05) is 30.3 Å². The number of benzene rings is 1. The van der Waals surface area contributed by atoms with Crippen molar-refractivity contribution in [3.63, 3.8) is 0 Å². The molecule has 0 saturated carbocycles. The molecule has 0 unspecified atom stereocenters. The van der Waals surface area contributed by atoms with Gasteiger partial charge < -0.3 is 5.73 Å². The highest BCUT2D eigenvalue weighted by Crippen LogP contribution is 2.29. The fourth-order valence-corrected chi connectivity index (χ4v) is 4.99. The maximum absolute atomic E-state index is 12.6. The molecule has 106 valence electrons. The van der Waals surface area contributed by atoms with Gasteiger partial charge in [0.15, 0.2) is 0 Å². The number of sulfonamides is 1. The van der Waals surface area contributed by atoms with Gasteiger partial charge in [-0.2, -0.15) is 16.1 Å². The number of aryl methyl sites for hydroxylation is 1. The first-order valence-electron chi connectivity index (χ1n) is 6.06. The first kappa shape index (κ1) is 15.0. The molecule has 0 amide bonds. The minimum atomic E-state index is -3.47. The van der Waals surface area contributed by atoms with Gasteiger partial charge in [-0.3, -0.25) is 0 Å². The molecule has 2 N–H and O–H groups in total. The van der Waals surface area contributed by atoms with E-state index >= 15 is 0 Å². The van der Waals surface area contributed by atoms with Crippen molar-refractivity contribution in [2.24, 2.45) is 0 Å². The largest absolute Gasteiger partial charge is 0.397 e. The van der Waals surface area contributed by atoms with Gasteiger partial charge in [-0.1, -0.05) is 11.6 Å². The lowest BCUT2D eigenvalue weighted by Gasteiger charge is -2.21. The maximum Gasteiger partial charge on any atom is 0.243 e. The number of rotatable bonds is 2. The summed E-state index contributed by atoms with van der Waals surface area (Å²) >= 11 is 7.70. The number of anilines is 1. The van der Waals surface area contributed by atoms with Crippen molar-refractivity contribution in [1.29, 1.82) is 0 Å². The molecule has 0 radical (unpaired) electrons. The van der Waals surface area contributed by atoms with Crippen molar-refractivity contribution in [1.82, 2.24) is 4.31 Å². The number of hydrogen-bond donors (Lipinski definition) is 1. The number of nitrogen functional groups attached to an aromatic ring is 1. The van der Waals surface area contributed by atoms with E-state index in [-0.39, 0.29) is 4.90 Å². The van der Waals surface area contributed by atoms with Gasteiger partial charge >= 0.3 is 0 Å². The third-order valence-electron chi connectivity index (χ3n) is 3.09. The highest BCUT2D eigenvalue weighted by molar-refractivity contribution is 7.99. The summed E-state index contributed by atoms with van der Waals surface area (Å²) < 4.78 is 26.8. The minimum Gasteiger partial charge on any atom is -0.397 e. The molecular formula is C12H17ClN2O2S2. The molecule has 4 nitrogen and oxygen atoms in total. The molecule has 2 rings (SSSR count). The van der Waals surface area contributed by atoms with Crippen molar-refractivity contribution in [3.8, 4) is 0 Å². The van der Waals surface area contributed by atoms with E-state index in [1.54, 1.807) is 29.1 Å². The van der Waals surface area contributed by atoms with Crippen molar-refractivity contribution in [2.45, 2.75) is 18.2 Å². The summed E-state index contributed by atoms with van der Waals surface area (Å²) in [7, 11) is -3.47. The van der Waals surface area contributed by atoms with Crippen LogP contribution in [0.5, 0.6) is 0 Å². The first-order chi connectivity index (χ1) is 8.93. The number of hydrogen-bond acceptors (Lipinski definition) is 4. The summed E-state index contributed by atoms with van der Waals surface area (Å²) in [4.78, 5) is 0.265. The molecule has 1 saturated heterocycles. The highest BCUT2D eigenvalue weighted by Gasteiger charge is 2.27. The molecule has 0 aliphatic carbocycles. The van der Waals surface area contributed by atoms with Crippen LogP contribution in [0.25, 0.3) is 0 Å². The maximum atomic E-state index is 12.6. The quantitative estimate of drug-likeness (QED) is 0.850. The van der Waals surface area contributed by atoms with E-state index in [0.717, 1.165) is 17.9 Å². The number of thioether (sulfide) groups is 1. The Morgan fingerprint density at radius 3 is 2.79 bits per heavy atom. The third-order valence-corrected chi connectivity index (χ3v) is 6.51. The van der Waals surface area contributed by atoms with Gasteiger partial charge in [0, 0.05) is 18.8 Å². The van der Waals surface area contributed by atoms with Crippen LogP contribution in [-0.4, -0.2) is 37.3 Å². The zero-order valence-corrected chi connectivity index (χ0v) is 13.1. The molecule has 0 spiro atoms. The SMILES string of the molecule is Cc1cc(Cl)c(N)cc1S(=O)(=O)N1CCCSCC1. The number of nitrogens with two attached hydrogens (primary N) is 1. The average molecular weight is 321 g/mol. The molecule has 0 atom stereocenters. The summed E-state index contributed by atoms with van der Waals surface area (Å²) in [5, 5.41) is 0.392. The van der Waals surface area contributed by atoms with Crippen LogP contribution in [0, 0.1) is 6.92 Å². The van der Waals surface area contributed by atoms with Crippen LogP contribution in [0.2, 0.25) is 5.02 Å². The van der Waals surface area contributed by atoms with E-state index < -0.39 is 10.0 Å². The lowest BCUT2D eigenvalue weighted by molar-refractivity contribution is 0.434. The Morgan fingerprint density at radius 1 is 1.32 bits per heavy atom. The summed E-state index contributed by atoms with van der Waals surface area (Å²) in [6, 6.07) is 3.07. The van der Waals surface area contributed by atoms with Crippen LogP contribution in [0.4, 0.5) is 5.69 Å². The number of nitrogens with zero attached hydrogens (tertiary/aromatic N) is 1. The van der Waals surface area contributed by atoms with E-state index in [1.807, 2.05) is 0 Å². The molecule has 1 aliphatic heterocycles. The molecule has 0 aromatic heterocycles. The Morgan fingerprint density at radius 2 is 2.05 bits per heavy atom. The van der Waals surface area contributed by atoms with Crippen LogP contribution in [-0.2, 0) is 10.0 Å². The van der Waals surface area contributed by atoms with Crippen LogP contribution < -0.4 is 5.73 Å². The zero-order valence-electron chi connectivity index (χ0n) is 10.7. The average Bonchev–Trinajstić information content (AvgIpc) is 2.62. The van der Waals surface area contributed by atoms with Gasteiger partial charge in [-0.15, -0.1) is 0 Å². The van der Waals surface area contributed by atoms with Crippen molar-refractivity contribution >= 4 is 39.1 Å². The smallest absolute Gasteiger partial charge is 0.243 e. The molecular weight excluding hydrogens is 304 g/mol. The standard InChI is InChI=1S/C12H17ClN2O2S2/c1-9-7-10(13)11(14)8-12(9)19(16,17)15-3-2-5-18-6-4-15/h7-8H,2-6,14H2,1H3. The summed E-state index contributed by atoms with van der Waals surface area (Å²) in [6.45, 7) is 2.86. The Balaban J connectivity index is 2.41. The lowest BCUT2D eigenvalue weighted by atomic mass is 10.2. The first-order valence-corrected chi connectivity index (χ1v) is 9.03. The number of halogens is 1. The Bertz CT molecular complexity index is 567. The molecule has 1 aromatic rings. The normalized spacial score (nSPS) is 18.2. The van der Waals surface area contributed by atoms with Gasteiger partial charge in [0.25, 0.3) is 0 Å². The van der Waals surface area contributed by atoms with E-state index in [4.69, 9.17) is 17.3 Å². The van der Waals surface area contributed by atoms with Crippen LogP contribution >= 0.6 is 23.4 Å². The topological polar surface area (TPSA) is 63.4 Å². The monoisotopic (exact) mass is 320 g/mol. The molecule has 7 heteroatoms. The van der Waals surface area contributed by atoms with Gasteiger partial charge in [-0.25, -0.2) is 8.42 Å². The molecule has 1 aromatic carbocycles. The van der Waals surface area contributed by atoms with Crippen LogP contribution in [0.1, 0.15) is 12.0 Å². The minimum absolute atomic E-state index is 0.265. The Kier molecular flexibility index (Phi) is 4.66. The summed E-state index contributed by atoms with van der Waals surface area (Å²) in [5.41, 5.74) is 6.66. The van der Waals surface area contributed by atoms with Crippen LogP contribution in [0.3, 0.4) is 0 Å². The van der Waals surface area contributed by atoms with Gasteiger partial charge in [0.1, 0.15) is 0 Å². The summed E-state index contributed by atoms with van der Waals surface area (Å²) in [6.07, 6.45) is 0.881. The molecule has 19 heavy (non-hydrogen) atoms. The van der Waals surface area contributed by atoms with E-state index in [2.05, 4.69) is 0 Å². The highest BCUT2D eigenvalue weighted by atomic mass is 35.5. The van der Waals surface area contributed by atoms with Crippen molar-refractivity contribution < 1.29 is 8.42 Å². The van der Waals surface area contributed by atoms with E-state index in [0.29, 0.717) is 29.4 Å². The zero-order chi connectivity index (χ0) is 14.0. The molecule has 1 fully saturated rings. The lowest BCUT2D eigenvalue weighted by Crippen LogP contribution is -2.33. The second-order valence-electron chi connectivity index (χ2n) is 4.51.